The summed E-state index contributed by atoms with van der Waals surface area (Å²) in [6.45, 7) is 1.67. The molecule has 1 heterocycles. The summed E-state index contributed by atoms with van der Waals surface area (Å²) in [6, 6.07) is 8.36. The highest BCUT2D eigenvalue weighted by molar-refractivity contribution is 8.00. The van der Waals surface area contributed by atoms with Gasteiger partial charge in [0.25, 0.3) is 0 Å². The van der Waals surface area contributed by atoms with Crippen molar-refractivity contribution in [3.05, 3.63) is 30.3 Å². The van der Waals surface area contributed by atoms with E-state index in [0.29, 0.717) is 24.3 Å². The predicted octanol–water partition coefficient (Wildman–Crippen LogP) is 1.03. The highest BCUT2D eigenvalue weighted by Crippen LogP contribution is 2.25. The summed E-state index contributed by atoms with van der Waals surface area (Å²) in [4.78, 5) is 4.43. The van der Waals surface area contributed by atoms with E-state index < -0.39 is 10.0 Å². The molecule has 1 fully saturated rings. The smallest absolute Gasteiger partial charge is 0.240 e. The van der Waals surface area contributed by atoms with Gasteiger partial charge in [0, 0.05) is 31.9 Å². The van der Waals surface area contributed by atoms with Gasteiger partial charge < -0.3 is 10.6 Å². The van der Waals surface area contributed by atoms with Crippen molar-refractivity contribution in [2.45, 2.75) is 23.0 Å². The molecule has 1 aliphatic heterocycles. The number of sulfonamides is 1. The lowest BCUT2D eigenvalue weighted by Gasteiger charge is -2.15. The fourth-order valence-corrected chi connectivity index (χ4v) is 4.54. The van der Waals surface area contributed by atoms with Crippen molar-refractivity contribution >= 4 is 27.7 Å². The molecule has 1 atom stereocenters. The second-order valence-electron chi connectivity index (χ2n) is 5.23. The first-order valence-corrected chi connectivity index (χ1v) is 10.3. The fraction of sp³-hybridized carbons (Fsp3) is 0.533. The Morgan fingerprint density at radius 2 is 2.04 bits per heavy atom. The lowest BCUT2D eigenvalue weighted by atomic mass is 10.2. The normalized spacial score (nSPS) is 18.8. The van der Waals surface area contributed by atoms with E-state index in [2.05, 4.69) is 20.3 Å². The zero-order valence-electron chi connectivity index (χ0n) is 13.3. The molecule has 1 aromatic carbocycles. The SMILES string of the molecule is CN=C(NCCNS(=O)(=O)c1ccccc1)NCC1CCCS1. The molecular formula is C15H24N4O2S2. The van der Waals surface area contributed by atoms with Gasteiger partial charge in [-0.1, -0.05) is 18.2 Å². The maximum absolute atomic E-state index is 12.1. The van der Waals surface area contributed by atoms with E-state index in [0.717, 1.165) is 6.54 Å². The van der Waals surface area contributed by atoms with Crippen LogP contribution in [0.1, 0.15) is 12.8 Å². The molecule has 1 unspecified atom stereocenters. The molecule has 1 aromatic rings. The molecule has 1 aliphatic rings. The van der Waals surface area contributed by atoms with Crippen molar-refractivity contribution in [1.82, 2.24) is 15.4 Å². The molecule has 0 spiro atoms. The van der Waals surface area contributed by atoms with Gasteiger partial charge in [-0.25, -0.2) is 13.1 Å². The number of guanidine groups is 1. The van der Waals surface area contributed by atoms with Crippen molar-refractivity contribution in [2.75, 3.05) is 32.4 Å². The lowest BCUT2D eigenvalue weighted by molar-refractivity contribution is 0.580. The zero-order chi connectivity index (χ0) is 16.5. The van der Waals surface area contributed by atoms with E-state index in [4.69, 9.17) is 0 Å². The topological polar surface area (TPSA) is 82.6 Å². The van der Waals surface area contributed by atoms with E-state index in [9.17, 15) is 8.42 Å². The molecule has 0 bridgehead atoms. The van der Waals surface area contributed by atoms with E-state index in [1.165, 1.54) is 18.6 Å². The van der Waals surface area contributed by atoms with Crippen LogP contribution in [0, 0.1) is 0 Å². The molecule has 0 radical (unpaired) electrons. The van der Waals surface area contributed by atoms with Gasteiger partial charge in [0.2, 0.25) is 10.0 Å². The molecular weight excluding hydrogens is 332 g/mol. The van der Waals surface area contributed by atoms with Crippen LogP contribution in [0.15, 0.2) is 40.2 Å². The van der Waals surface area contributed by atoms with E-state index >= 15 is 0 Å². The summed E-state index contributed by atoms with van der Waals surface area (Å²) >= 11 is 1.99. The standard InChI is InChI=1S/C15H24N4O2S2/c1-16-15(18-12-13-6-5-11-22-13)17-9-10-19-23(20,21)14-7-3-2-4-8-14/h2-4,7-8,13,19H,5-6,9-12H2,1H3,(H2,16,17,18). The number of nitrogens with zero attached hydrogens (tertiary/aromatic N) is 1. The van der Waals surface area contributed by atoms with Crippen LogP contribution in [0.25, 0.3) is 0 Å². The highest BCUT2D eigenvalue weighted by atomic mass is 32.2. The van der Waals surface area contributed by atoms with Crippen LogP contribution in [0.4, 0.5) is 0 Å². The monoisotopic (exact) mass is 356 g/mol. The number of aliphatic imine (C=N–C) groups is 1. The third-order valence-electron chi connectivity index (χ3n) is 3.51. The fourth-order valence-electron chi connectivity index (χ4n) is 2.29. The number of rotatable bonds is 7. The van der Waals surface area contributed by atoms with Crippen LogP contribution in [-0.2, 0) is 10.0 Å². The summed E-state index contributed by atoms with van der Waals surface area (Å²) in [7, 11) is -1.73. The van der Waals surface area contributed by atoms with Crippen molar-refractivity contribution in [3.8, 4) is 0 Å². The summed E-state index contributed by atoms with van der Waals surface area (Å²) in [6.07, 6.45) is 2.52. The summed E-state index contributed by atoms with van der Waals surface area (Å²) < 4.78 is 26.7. The Kier molecular flexibility index (Phi) is 7.19. The first-order chi connectivity index (χ1) is 11.1. The van der Waals surface area contributed by atoms with Crippen molar-refractivity contribution in [3.63, 3.8) is 0 Å². The number of hydrogen-bond acceptors (Lipinski definition) is 4. The molecule has 1 saturated heterocycles. The minimum absolute atomic E-state index is 0.278. The van der Waals surface area contributed by atoms with E-state index in [1.54, 1.807) is 37.4 Å². The molecule has 0 amide bonds. The first-order valence-electron chi connectivity index (χ1n) is 7.72. The van der Waals surface area contributed by atoms with Gasteiger partial charge in [0.15, 0.2) is 5.96 Å². The van der Waals surface area contributed by atoms with Crippen LogP contribution >= 0.6 is 11.8 Å². The van der Waals surface area contributed by atoms with Gasteiger partial charge in [0.05, 0.1) is 4.90 Å². The van der Waals surface area contributed by atoms with Crippen molar-refractivity contribution in [2.24, 2.45) is 4.99 Å². The minimum Gasteiger partial charge on any atom is -0.355 e. The van der Waals surface area contributed by atoms with Crippen LogP contribution in [-0.4, -0.2) is 52.1 Å². The Morgan fingerprint density at radius 1 is 1.26 bits per heavy atom. The average molecular weight is 357 g/mol. The molecule has 8 heteroatoms. The Hall–Kier alpha value is -1.25. The highest BCUT2D eigenvalue weighted by Gasteiger charge is 2.15. The van der Waals surface area contributed by atoms with Gasteiger partial charge in [-0.05, 0) is 30.7 Å². The Labute approximate surface area is 142 Å². The maximum atomic E-state index is 12.1. The third-order valence-corrected chi connectivity index (χ3v) is 6.38. The van der Waals surface area contributed by atoms with Gasteiger partial charge in [-0.3, -0.25) is 4.99 Å². The van der Waals surface area contributed by atoms with E-state index in [-0.39, 0.29) is 4.90 Å². The largest absolute Gasteiger partial charge is 0.355 e. The summed E-state index contributed by atoms with van der Waals surface area (Å²) in [5.74, 6) is 1.94. The number of thioether (sulfide) groups is 1. The first kappa shape index (κ1) is 18.1. The van der Waals surface area contributed by atoms with Gasteiger partial charge in [-0.15, -0.1) is 0 Å². The molecule has 3 N–H and O–H groups in total. The van der Waals surface area contributed by atoms with Crippen LogP contribution in [0.5, 0.6) is 0 Å². The van der Waals surface area contributed by atoms with Crippen molar-refractivity contribution < 1.29 is 8.42 Å². The third kappa shape index (κ3) is 6.04. The van der Waals surface area contributed by atoms with Crippen molar-refractivity contribution in [1.29, 1.82) is 0 Å². The molecule has 23 heavy (non-hydrogen) atoms. The van der Waals surface area contributed by atoms with Gasteiger partial charge in [0.1, 0.15) is 0 Å². The van der Waals surface area contributed by atoms with Crippen LogP contribution in [0.2, 0.25) is 0 Å². The zero-order valence-corrected chi connectivity index (χ0v) is 14.9. The summed E-state index contributed by atoms with van der Waals surface area (Å²) in [5, 5.41) is 7.05. The second-order valence-corrected chi connectivity index (χ2v) is 8.40. The summed E-state index contributed by atoms with van der Waals surface area (Å²) in [5.41, 5.74) is 0. The second kappa shape index (κ2) is 9.14. The maximum Gasteiger partial charge on any atom is 0.240 e. The minimum atomic E-state index is -3.44. The number of hydrogen-bond donors (Lipinski definition) is 3. The Morgan fingerprint density at radius 3 is 2.70 bits per heavy atom. The molecule has 2 rings (SSSR count). The molecule has 0 aliphatic carbocycles. The quantitative estimate of drug-likeness (QED) is 0.386. The van der Waals surface area contributed by atoms with Gasteiger partial charge >= 0.3 is 0 Å². The van der Waals surface area contributed by atoms with Crippen LogP contribution in [0.3, 0.4) is 0 Å². The Balaban J connectivity index is 1.69. The molecule has 6 nitrogen and oxygen atoms in total. The molecule has 0 aromatic heterocycles. The number of benzene rings is 1. The average Bonchev–Trinajstić information content (AvgIpc) is 3.08. The lowest BCUT2D eigenvalue weighted by Crippen LogP contribution is -2.43. The molecule has 0 saturated carbocycles. The van der Waals surface area contributed by atoms with E-state index in [1.807, 2.05) is 11.8 Å². The van der Waals surface area contributed by atoms with Crippen LogP contribution < -0.4 is 15.4 Å². The molecule has 128 valence electrons. The predicted molar refractivity (Wildman–Crippen MR) is 96.5 cm³/mol. The Bertz CT molecular complexity index is 599. The number of nitrogens with one attached hydrogen (secondary N) is 3. The van der Waals surface area contributed by atoms with Gasteiger partial charge in [-0.2, -0.15) is 11.8 Å².